The zero-order valence-corrected chi connectivity index (χ0v) is 27.9. The van der Waals surface area contributed by atoms with Crippen molar-refractivity contribution in [3.05, 3.63) is 128 Å². The molecule has 17 heteroatoms. The molecule has 1 aliphatic rings. The molecule has 11 nitrogen and oxygen atoms in total. The summed E-state index contributed by atoms with van der Waals surface area (Å²) in [5.41, 5.74) is -0.266. The number of aromatic carboxylic acids is 1. The molecule has 0 saturated heterocycles. The van der Waals surface area contributed by atoms with Gasteiger partial charge in [-0.3, -0.25) is 14.9 Å². The van der Waals surface area contributed by atoms with Crippen LogP contribution in [-0.2, 0) is 27.9 Å². The molecule has 0 aliphatic heterocycles. The molecule has 52 heavy (non-hydrogen) atoms. The first kappa shape index (κ1) is 37.8. The predicted octanol–water partition coefficient (Wildman–Crippen LogP) is 7.17. The summed E-state index contributed by atoms with van der Waals surface area (Å²) in [7, 11) is -5.85. The van der Waals surface area contributed by atoms with Crippen LogP contribution in [0.15, 0.2) is 71.6 Å². The van der Waals surface area contributed by atoms with Crippen LogP contribution in [0.3, 0.4) is 0 Å². The Morgan fingerprint density at radius 1 is 0.827 bits per heavy atom. The van der Waals surface area contributed by atoms with Crippen molar-refractivity contribution in [3.63, 3.8) is 0 Å². The average molecular weight is 748 g/mol. The van der Waals surface area contributed by atoms with Crippen molar-refractivity contribution in [2.75, 3.05) is 11.4 Å². The fraction of sp³-hybridized carbons (Fsp3) is 0.257. The normalized spacial score (nSPS) is 13.7. The lowest BCUT2D eigenvalue weighted by molar-refractivity contribution is -0.385. The summed E-state index contributed by atoms with van der Waals surface area (Å²) in [5, 5.41) is 31.6. The number of aromatic hydroxyl groups is 1. The molecule has 5 rings (SSSR count). The van der Waals surface area contributed by atoms with Crippen molar-refractivity contribution in [1.82, 2.24) is 4.31 Å². The Morgan fingerprint density at radius 2 is 1.42 bits per heavy atom. The van der Waals surface area contributed by atoms with Gasteiger partial charge in [0.25, 0.3) is 5.69 Å². The lowest BCUT2D eigenvalue weighted by Gasteiger charge is -2.28. The van der Waals surface area contributed by atoms with Crippen molar-refractivity contribution in [1.29, 1.82) is 0 Å². The molecule has 2 N–H and O–H groups in total. The van der Waals surface area contributed by atoms with Crippen LogP contribution in [0.1, 0.15) is 65.1 Å². The molecular formula is C35H30F5N3O8S. The number of carbonyl (C=O) groups excluding carboxylic acids is 1. The van der Waals surface area contributed by atoms with Crippen molar-refractivity contribution < 1.29 is 55.1 Å². The van der Waals surface area contributed by atoms with Gasteiger partial charge >= 0.3 is 5.97 Å². The number of nitro groups is 1. The van der Waals surface area contributed by atoms with E-state index < -0.39 is 96.5 Å². The molecule has 0 atom stereocenters. The highest BCUT2D eigenvalue weighted by Gasteiger charge is 2.39. The molecule has 1 amide bonds. The SMILES string of the molecule is O=C(O)c1ccc(N(Cc2ccc(C3CCCCC3)cc2)C(=O)CN(Cc2ccccc2[N+](=O)[O-])S(=O)(=O)c2c(F)c(F)c(F)c(F)c2F)cc1O. The monoisotopic (exact) mass is 747 g/mol. The first-order chi connectivity index (χ1) is 24.6. The van der Waals surface area contributed by atoms with Crippen molar-refractivity contribution >= 4 is 33.3 Å². The number of benzene rings is 4. The third-order valence-corrected chi connectivity index (χ3v) is 10.6. The summed E-state index contributed by atoms with van der Waals surface area (Å²) in [6.45, 7) is -2.86. The number of rotatable bonds is 12. The molecule has 0 heterocycles. The van der Waals surface area contributed by atoms with Gasteiger partial charge in [0.2, 0.25) is 21.7 Å². The fourth-order valence-electron chi connectivity index (χ4n) is 6.12. The van der Waals surface area contributed by atoms with E-state index in [0.29, 0.717) is 11.5 Å². The Bertz CT molecular complexity index is 2120. The molecule has 4 aromatic carbocycles. The molecule has 1 fully saturated rings. The minimum absolute atomic E-state index is 0.0284. The van der Waals surface area contributed by atoms with Crippen LogP contribution in [0.2, 0.25) is 0 Å². The number of amides is 1. The number of para-hydroxylation sites is 1. The third-order valence-electron chi connectivity index (χ3n) is 8.84. The van der Waals surface area contributed by atoms with Gasteiger partial charge in [-0.1, -0.05) is 61.7 Å². The smallest absolute Gasteiger partial charge is 0.339 e. The minimum Gasteiger partial charge on any atom is -0.507 e. The third kappa shape index (κ3) is 7.74. The maximum absolute atomic E-state index is 15.0. The number of nitro benzene ring substituents is 1. The highest BCUT2D eigenvalue weighted by molar-refractivity contribution is 7.89. The van der Waals surface area contributed by atoms with Crippen LogP contribution >= 0.6 is 0 Å². The molecule has 0 unspecified atom stereocenters. The number of anilines is 1. The van der Waals surface area contributed by atoms with E-state index >= 15 is 0 Å². The van der Waals surface area contributed by atoms with Gasteiger partial charge in [-0.25, -0.2) is 35.2 Å². The van der Waals surface area contributed by atoms with E-state index in [1.807, 2.05) is 12.1 Å². The van der Waals surface area contributed by atoms with E-state index in [2.05, 4.69) is 0 Å². The van der Waals surface area contributed by atoms with Gasteiger partial charge in [-0.2, -0.15) is 4.31 Å². The van der Waals surface area contributed by atoms with Gasteiger partial charge in [0.1, 0.15) is 11.3 Å². The molecule has 0 aromatic heterocycles. The number of sulfonamides is 1. The number of halogens is 5. The number of carboxylic acids is 1. The summed E-state index contributed by atoms with van der Waals surface area (Å²) in [6.07, 6.45) is 5.26. The first-order valence-corrected chi connectivity index (χ1v) is 17.2. The second-order valence-electron chi connectivity index (χ2n) is 12.1. The maximum Gasteiger partial charge on any atom is 0.339 e. The molecule has 4 aromatic rings. The van der Waals surface area contributed by atoms with Gasteiger partial charge in [-0.15, -0.1) is 0 Å². The summed E-state index contributed by atoms with van der Waals surface area (Å²) >= 11 is 0. The molecule has 0 spiro atoms. The van der Waals surface area contributed by atoms with Crippen LogP contribution in [0, 0.1) is 39.2 Å². The molecule has 1 aliphatic carbocycles. The number of hydrogen-bond acceptors (Lipinski definition) is 7. The molecule has 1 saturated carbocycles. The van der Waals surface area contributed by atoms with Gasteiger partial charge < -0.3 is 15.1 Å². The number of nitrogens with zero attached hydrogens (tertiary/aromatic N) is 3. The minimum atomic E-state index is -5.85. The summed E-state index contributed by atoms with van der Waals surface area (Å²) < 4.78 is 100. The largest absolute Gasteiger partial charge is 0.507 e. The zero-order chi connectivity index (χ0) is 37.9. The second-order valence-corrected chi connectivity index (χ2v) is 14.0. The molecule has 274 valence electrons. The van der Waals surface area contributed by atoms with Gasteiger partial charge in [-0.05, 0) is 42.0 Å². The number of carboxylic acid groups (broad SMARTS) is 1. The quantitative estimate of drug-likeness (QED) is 0.0508. The zero-order valence-electron chi connectivity index (χ0n) is 27.1. The van der Waals surface area contributed by atoms with E-state index in [1.54, 1.807) is 12.1 Å². The standard InChI is InChI=1S/C35H30F5N3O8S/c36-29-30(37)32(39)34(33(40)31(29)38)52(50,51)41(18-23-8-4-5-9-26(23)43(48)49)19-28(45)42(24-14-15-25(35(46)47)27(44)16-24)17-20-10-12-22(13-11-20)21-6-2-1-3-7-21/h4-5,8-16,21,44H,1-3,6-7,17-19H2,(H,46,47). The highest BCUT2D eigenvalue weighted by Crippen LogP contribution is 2.34. The Balaban J connectivity index is 1.59. The van der Waals surface area contributed by atoms with E-state index in [1.165, 1.54) is 12.1 Å². The van der Waals surface area contributed by atoms with E-state index in [4.69, 9.17) is 0 Å². The highest BCUT2D eigenvalue weighted by atomic mass is 32.2. The Labute approximate surface area is 293 Å². The Hall–Kier alpha value is -5.42. The van der Waals surface area contributed by atoms with Crippen LogP contribution in [0.25, 0.3) is 0 Å². The van der Waals surface area contributed by atoms with Gasteiger partial charge in [0.05, 0.1) is 18.0 Å². The van der Waals surface area contributed by atoms with E-state index in [9.17, 15) is 60.3 Å². The fourth-order valence-corrected chi connectivity index (χ4v) is 7.60. The van der Waals surface area contributed by atoms with Crippen molar-refractivity contribution in [2.45, 2.75) is 56.0 Å². The van der Waals surface area contributed by atoms with Gasteiger partial charge in [0, 0.05) is 29.9 Å². The molecule has 0 bridgehead atoms. The number of hydrogen-bond donors (Lipinski definition) is 2. The Kier molecular flexibility index (Phi) is 11.2. The molecular weight excluding hydrogens is 717 g/mol. The lowest BCUT2D eigenvalue weighted by atomic mass is 9.84. The number of phenols is 1. The summed E-state index contributed by atoms with van der Waals surface area (Å²) in [6, 6.07) is 14.6. The summed E-state index contributed by atoms with van der Waals surface area (Å²) in [4.78, 5) is 35.1. The predicted molar refractivity (Wildman–Crippen MR) is 175 cm³/mol. The van der Waals surface area contributed by atoms with Crippen LogP contribution in [0.4, 0.5) is 33.3 Å². The summed E-state index contributed by atoms with van der Waals surface area (Å²) in [5.74, 6) is -16.4. The second kappa shape index (κ2) is 15.4. The van der Waals surface area contributed by atoms with E-state index in [-0.39, 0.29) is 16.5 Å². The lowest BCUT2D eigenvalue weighted by Crippen LogP contribution is -2.43. The van der Waals surface area contributed by atoms with Crippen LogP contribution in [-0.4, -0.2) is 46.3 Å². The van der Waals surface area contributed by atoms with Crippen molar-refractivity contribution in [2.24, 2.45) is 0 Å². The number of carbonyl (C=O) groups is 2. The molecule has 0 radical (unpaired) electrons. The van der Waals surface area contributed by atoms with Gasteiger partial charge in [0.15, 0.2) is 28.2 Å². The topological polar surface area (TPSA) is 158 Å². The Morgan fingerprint density at radius 3 is 2.00 bits per heavy atom. The van der Waals surface area contributed by atoms with Crippen LogP contribution < -0.4 is 4.90 Å². The van der Waals surface area contributed by atoms with Crippen LogP contribution in [0.5, 0.6) is 5.75 Å². The maximum atomic E-state index is 15.0. The van der Waals surface area contributed by atoms with E-state index in [0.717, 1.165) is 72.9 Å². The first-order valence-electron chi connectivity index (χ1n) is 15.8. The average Bonchev–Trinajstić information content (AvgIpc) is 3.12. The van der Waals surface area contributed by atoms with Crippen molar-refractivity contribution in [3.8, 4) is 5.75 Å².